The molecule has 1 aromatic rings. The van der Waals surface area contributed by atoms with Crippen LogP contribution in [0.4, 0.5) is 0 Å². The highest BCUT2D eigenvalue weighted by Crippen LogP contribution is 2.41. The highest BCUT2D eigenvalue weighted by atomic mass is 14.9. The average Bonchev–Trinajstić information content (AvgIpc) is 3.11. The summed E-state index contributed by atoms with van der Waals surface area (Å²) in [6.07, 6.45) is 5.23. The van der Waals surface area contributed by atoms with Gasteiger partial charge >= 0.3 is 0 Å². The van der Waals surface area contributed by atoms with Crippen LogP contribution >= 0.6 is 0 Å². The van der Waals surface area contributed by atoms with Gasteiger partial charge in [-0.2, -0.15) is 0 Å². The topological polar surface area (TPSA) is 12.0 Å². The molecular weight excluding hydrogens is 182 g/mol. The molecule has 0 aromatic heterocycles. The molecule has 1 fully saturated rings. The van der Waals surface area contributed by atoms with Crippen LogP contribution < -0.4 is 5.32 Å². The van der Waals surface area contributed by atoms with E-state index < -0.39 is 0 Å². The van der Waals surface area contributed by atoms with E-state index in [0.717, 1.165) is 12.5 Å². The predicted octanol–water partition coefficient (Wildman–Crippen LogP) is 3.16. The van der Waals surface area contributed by atoms with Crippen LogP contribution in [0.1, 0.15) is 54.8 Å². The van der Waals surface area contributed by atoms with Gasteiger partial charge in [0.1, 0.15) is 0 Å². The van der Waals surface area contributed by atoms with Gasteiger partial charge in [-0.1, -0.05) is 25.1 Å². The second-order valence-corrected chi connectivity index (χ2v) is 4.90. The lowest BCUT2D eigenvalue weighted by atomic mass is 9.90. The summed E-state index contributed by atoms with van der Waals surface area (Å²) in [6.45, 7) is 3.42. The fourth-order valence-electron chi connectivity index (χ4n) is 2.69. The van der Waals surface area contributed by atoms with Gasteiger partial charge in [0.15, 0.2) is 0 Å². The fourth-order valence-corrected chi connectivity index (χ4v) is 2.69. The molecule has 0 amide bonds. The maximum absolute atomic E-state index is 3.61. The van der Waals surface area contributed by atoms with E-state index >= 15 is 0 Å². The van der Waals surface area contributed by atoms with Gasteiger partial charge in [-0.25, -0.2) is 0 Å². The third kappa shape index (κ3) is 1.69. The molecule has 0 radical (unpaired) electrons. The van der Waals surface area contributed by atoms with Gasteiger partial charge in [0.2, 0.25) is 0 Å². The Morgan fingerprint density at radius 1 is 1.33 bits per heavy atom. The lowest BCUT2D eigenvalue weighted by Gasteiger charge is -2.26. The lowest BCUT2D eigenvalue weighted by Crippen LogP contribution is -2.29. The Morgan fingerprint density at radius 3 is 2.93 bits per heavy atom. The van der Waals surface area contributed by atoms with E-state index in [4.69, 9.17) is 0 Å². The summed E-state index contributed by atoms with van der Waals surface area (Å²) < 4.78 is 0. The van der Waals surface area contributed by atoms with Gasteiger partial charge < -0.3 is 5.32 Å². The first-order valence-corrected chi connectivity index (χ1v) is 6.24. The number of rotatable bonds is 2. The van der Waals surface area contributed by atoms with Crippen LogP contribution in [0.2, 0.25) is 0 Å². The van der Waals surface area contributed by atoms with Crippen molar-refractivity contribution in [1.82, 2.24) is 5.32 Å². The van der Waals surface area contributed by atoms with Crippen molar-refractivity contribution in [3.05, 3.63) is 34.9 Å². The summed E-state index contributed by atoms with van der Waals surface area (Å²) in [7, 11) is 0. The second kappa shape index (κ2) is 3.64. The Hall–Kier alpha value is -0.820. The normalized spacial score (nSPS) is 25.0. The Labute approximate surface area is 91.9 Å². The van der Waals surface area contributed by atoms with Crippen LogP contribution in [-0.2, 0) is 6.42 Å². The van der Waals surface area contributed by atoms with E-state index in [1.54, 1.807) is 16.7 Å². The zero-order valence-corrected chi connectivity index (χ0v) is 9.42. The minimum atomic E-state index is 0.604. The molecule has 1 heterocycles. The van der Waals surface area contributed by atoms with Crippen molar-refractivity contribution in [3.8, 4) is 0 Å². The molecule has 15 heavy (non-hydrogen) atoms. The van der Waals surface area contributed by atoms with E-state index in [1.807, 2.05) is 0 Å². The third-order valence-corrected chi connectivity index (χ3v) is 3.79. The van der Waals surface area contributed by atoms with Crippen LogP contribution in [0.25, 0.3) is 0 Å². The number of hydrogen-bond acceptors (Lipinski definition) is 1. The van der Waals surface area contributed by atoms with Crippen molar-refractivity contribution >= 4 is 0 Å². The van der Waals surface area contributed by atoms with Crippen molar-refractivity contribution in [1.29, 1.82) is 0 Å². The van der Waals surface area contributed by atoms with Crippen LogP contribution in [0.5, 0.6) is 0 Å². The maximum Gasteiger partial charge on any atom is 0.0320 e. The largest absolute Gasteiger partial charge is 0.310 e. The predicted molar refractivity (Wildman–Crippen MR) is 63.2 cm³/mol. The van der Waals surface area contributed by atoms with Crippen LogP contribution in [0.15, 0.2) is 18.2 Å². The molecule has 0 spiro atoms. The zero-order valence-electron chi connectivity index (χ0n) is 9.42. The van der Waals surface area contributed by atoms with Crippen molar-refractivity contribution in [3.63, 3.8) is 0 Å². The van der Waals surface area contributed by atoms with Gasteiger partial charge in [0.25, 0.3) is 0 Å². The molecule has 0 bridgehead atoms. The standard InChI is InChI=1S/C14H19N/c1-2-14-13-9-12(10-3-4-10)6-5-11(13)7-8-15-14/h5-6,9-10,14-15H,2-4,7-8H2,1H3. The van der Waals surface area contributed by atoms with Crippen molar-refractivity contribution in [2.24, 2.45) is 0 Å². The van der Waals surface area contributed by atoms with Crippen LogP contribution in [0.3, 0.4) is 0 Å². The molecule has 1 aromatic carbocycles. The molecule has 1 heteroatoms. The lowest BCUT2D eigenvalue weighted by molar-refractivity contribution is 0.492. The molecule has 1 N–H and O–H groups in total. The molecule has 1 aliphatic heterocycles. The average molecular weight is 201 g/mol. The summed E-state index contributed by atoms with van der Waals surface area (Å²) in [5.41, 5.74) is 4.73. The van der Waals surface area contributed by atoms with Crippen molar-refractivity contribution in [2.45, 2.75) is 44.6 Å². The molecule has 2 aliphatic rings. The van der Waals surface area contributed by atoms with E-state index in [2.05, 4.69) is 30.4 Å². The van der Waals surface area contributed by atoms with E-state index in [-0.39, 0.29) is 0 Å². The minimum Gasteiger partial charge on any atom is -0.310 e. The number of fused-ring (bicyclic) bond motifs is 1. The second-order valence-electron chi connectivity index (χ2n) is 4.90. The van der Waals surface area contributed by atoms with Gasteiger partial charge in [-0.05, 0) is 54.8 Å². The van der Waals surface area contributed by atoms with Gasteiger partial charge in [0, 0.05) is 6.04 Å². The van der Waals surface area contributed by atoms with E-state index in [0.29, 0.717) is 6.04 Å². The third-order valence-electron chi connectivity index (χ3n) is 3.79. The quantitative estimate of drug-likeness (QED) is 0.775. The summed E-state index contributed by atoms with van der Waals surface area (Å²) in [5.74, 6) is 0.884. The highest BCUT2D eigenvalue weighted by molar-refractivity contribution is 5.38. The Balaban J connectivity index is 1.98. The summed E-state index contributed by atoms with van der Waals surface area (Å²) in [6, 6.07) is 7.79. The maximum atomic E-state index is 3.61. The molecule has 3 rings (SSSR count). The highest BCUT2D eigenvalue weighted by Gasteiger charge is 2.26. The molecule has 0 saturated heterocycles. The van der Waals surface area contributed by atoms with Gasteiger partial charge in [0.05, 0.1) is 0 Å². The Bertz CT molecular complexity index is 366. The molecule has 1 saturated carbocycles. The Morgan fingerprint density at radius 2 is 2.20 bits per heavy atom. The van der Waals surface area contributed by atoms with Crippen molar-refractivity contribution < 1.29 is 0 Å². The molecule has 80 valence electrons. The Kier molecular flexibility index (Phi) is 2.28. The summed E-state index contributed by atoms with van der Waals surface area (Å²) in [5, 5.41) is 3.61. The molecule has 1 atom stereocenters. The zero-order chi connectivity index (χ0) is 10.3. The van der Waals surface area contributed by atoms with Gasteiger partial charge in [-0.3, -0.25) is 0 Å². The molecule has 1 aliphatic carbocycles. The summed E-state index contributed by atoms with van der Waals surface area (Å²) in [4.78, 5) is 0. The summed E-state index contributed by atoms with van der Waals surface area (Å²) >= 11 is 0. The van der Waals surface area contributed by atoms with Crippen molar-refractivity contribution in [2.75, 3.05) is 6.54 Å². The smallest absolute Gasteiger partial charge is 0.0320 e. The molecule has 1 unspecified atom stereocenters. The number of hydrogen-bond donors (Lipinski definition) is 1. The SMILES string of the molecule is CCC1NCCc2ccc(C3CC3)cc21. The first-order chi connectivity index (χ1) is 7.38. The van der Waals surface area contributed by atoms with Crippen LogP contribution in [0, 0.1) is 0 Å². The first kappa shape index (κ1) is 9.41. The van der Waals surface area contributed by atoms with E-state index in [9.17, 15) is 0 Å². The van der Waals surface area contributed by atoms with E-state index in [1.165, 1.54) is 25.7 Å². The van der Waals surface area contributed by atoms with Crippen LogP contribution in [-0.4, -0.2) is 6.54 Å². The first-order valence-electron chi connectivity index (χ1n) is 6.24. The van der Waals surface area contributed by atoms with Gasteiger partial charge in [-0.15, -0.1) is 0 Å². The molecular formula is C14H19N. The minimum absolute atomic E-state index is 0.604. The number of nitrogens with one attached hydrogen (secondary N) is 1. The monoisotopic (exact) mass is 201 g/mol. The fraction of sp³-hybridized carbons (Fsp3) is 0.571. The molecule has 1 nitrogen and oxygen atoms in total. The number of benzene rings is 1.